The van der Waals surface area contributed by atoms with Crippen LogP contribution >= 0.6 is 0 Å². The van der Waals surface area contributed by atoms with Gasteiger partial charge in [-0.25, -0.2) is 13.6 Å². The van der Waals surface area contributed by atoms with Gasteiger partial charge in [-0.15, -0.1) is 0 Å². The molecule has 0 amide bonds. The van der Waals surface area contributed by atoms with E-state index in [2.05, 4.69) is 4.74 Å². The fourth-order valence-electron chi connectivity index (χ4n) is 1.24. The van der Waals surface area contributed by atoms with Crippen molar-refractivity contribution in [2.75, 3.05) is 7.11 Å². The quantitative estimate of drug-likeness (QED) is 0.450. The number of carbonyl (C=O) groups is 2. The SMILES string of the molecule is CCc1cc(F)c(C(=O)C(=O)OC)c(F)c1. The van der Waals surface area contributed by atoms with Gasteiger partial charge in [-0.3, -0.25) is 4.79 Å². The number of benzene rings is 1. The van der Waals surface area contributed by atoms with Gasteiger partial charge in [0.25, 0.3) is 5.78 Å². The summed E-state index contributed by atoms with van der Waals surface area (Å²) in [6, 6.07) is 2.05. The molecular weight excluding hydrogens is 218 g/mol. The number of Topliss-reactive ketones (excluding diaryl/α,β-unsaturated/α-hetero) is 1. The molecule has 0 aromatic heterocycles. The van der Waals surface area contributed by atoms with Gasteiger partial charge in [-0.05, 0) is 24.1 Å². The maximum absolute atomic E-state index is 13.4. The van der Waals surface area contributed by atoms with Crippen LogP contribution in [0.3, 0.4) is 0 Å². The lowest BCUT2D eigenvalue weighted by molar-refractivity contribution is -0.135. The second-order valence-corrected chi connectivity index (χ2v) is 3.11. The zero-order chi connectivity index (χ0) is 12.3. The van der Waals surface area contributed by atoms with Crippen LogP contribution in [0.2, 0.25) is 0 Å². The highest BCUT2D eigenvalue weighted by atomic mass is 19.1. The highest BCUT2D eigenvalue weighted by Crippen LogP contribution is 2.17. The molecule has 0 aliphatic heterocycles. The molecule has 0 unspecified atom stereocenters. The van der Waals surface area contributed by atoms with E-state index in [1.165, 1.54) is 0 Å². The first-order valence-electron chi connectivity index (χ1n) is 4.61. The molecule has 0 saturated carbocycles. The minimum absolute atomic E-state index is 0.413. The molecule has 0 spiro atoms. The molecule has 0 aliphatic rings. The van der Waals surface area contributed by atoms with Crippen LogP contribution in [0, 0.1) is 11.6 Å². The maximum atomic E-state index is 13.4. The van der Waals surface area contributed by atoms with Crippen LogP contribution in [0.4, 0.5) is 8.78 Å². The van der Waals surface area contributed by atoms with Crippen molar-refractivity contribution in [2.45, 2.75) is 13.3 Å². The zero-order valence-electron chi connectivity index (χ0n) is 8.84. The van der Waals surface area contributed by atoms with E-state index in [1.807, 2.05) is 0 Å². The van der Waals surface area contributed by atoms with Crippen LogP contribution in [0.5, 0.6) is 0 Å². The van der Waals surface area contributed by atoms with Gasteiger partial charge in [0, 0.05) is 0 Å². The van der Waals surface area contributed by atoms with Crippen molar-refractivity contribution in [3.8, 4) is 0 Å². The fourth-order valence-corrected chi connectivity index (χ4v) is 1.24. The van der Waals surface area contributed by atoms with Crippen LogP contribution < -0.4 is 0 Å². The number of aryl methyl sites for hydroxylation is 1. The summed E-state index contributed by atoms with van der Waals surface area (Å²) >= 11 is 0. The number of hydrogen-bond donors (Lipinski definition) is 0. The van der Waals surface area contributed by atoms with Gasteiger partial charge in [-0.1, -0.05) is 6.92 Å². The predicted octanol–water partition coefficient (Wildman–Crippen LogP) is 1.88. The van der Waals surface area contributed by atoms with Crippen molar-refractivity contribution in [1.82, 2.24) is 0 Å². The van der Waals surface area contributed by atoms with E-state index >= 15 is 0 Å². The number of methoxy groups -OCH3 is 1. The van der Waals surface area contributed by atoms with Gasteiger partial charge < -0.3 is 4.74 Å². The average Bonchev–Trinajstić information content (AvgIpc) is 2.26. The van der Waals surface area contributed by atoms with E-state index in [4.69, 9.17) is 0 Å². The third kappa shape index (κ3) is 2.24. The van der Waals surface area contributed by atoms with Crippen molar-refractivity contribution in [1.29, 1.82) is 0 Å². The van der Waals surface area contributed by atoms with E-state index in [0.29, 0.717) is 12.0 Å². The summed E-state index contributed by atoms with van der Waals surface area (Å²) in [5, 5.41) is 0. The molecular formula is C11H10F2O3. The molecule has 5 heteroatoms. The Morgan fingerprint density at radius 3 is 2.12 bits per heavy atom. The summed E-state index contributed by atoms with van der Waals surface area (Å²) in [5.41, 5.74) is -0.458. The first-order chi connectivity index (χ1) is 7.51. The molecule has 0 bridgehead atoms. The molecule has 1 rings (SSSR count). The minimum Gasteiger partial charge on any atom is -0.463 e. The number of halogens is 2. The molecule has 1 aromatic rings. The Kier molecular flexibility index (Phi) is 3.71. The molecule has 0 radical (unpaired) electrons. The summed E-state index contributed by atoms with van der Waals surface area (Å²) < 4.78 is 30.9. The average molecular weight is 228 g/mol. The first-order valence-corrected chi connectivity index (χ1v) is 4.61. The number of ether oxygens (including phenoxy) is 1. The largest absolute Gasteiger partial charge is 0.463 e. The molecule has 16 heavy (non-hydrogen) atoms. The van der Waals surface area contributed by atoms with Crippen molar-refractivity contribution in [3.63, 3.8) is 0 Å². The van der Waals surface area contributed by atoms with Crippen LogP contribution in [0.25, 0.3) is 0 Å². The first kappa shape index (κ1) is 12.3. The van der Waals surface area contributed by atoms with E-state index < -0.39 is 29.0 Å². The monoisotopic (exact) mass is 228 g/mol. The third-order valence-corrected chi connectivity index (χ3v) is 2.11. The number of esters is 1. The standard InChI is InChI=1S/C11H10F2O3/c1-3-6-4-7(12)9(8(13)5-6)10(14)11(15)16-2/h4-5H,3H2,1-2H3. The van der Waals surface area contributed by atoms with Crippen molar-refractivity contribution >= 4 is 11.8 Å². The highest BCUT2D eigenvalue weighted by molar-refractivity contribution is 6.40. The fraction of sp³-hybridized carbons (Fsp3) is 0.273. The van der Waals surface area contributed by atoms with Crippen molar-refractivity contribution in [3.05, 3.63) is 34.9 Å². The summed E-state index contributed by atoms with van der Waals surface area (Å²) in [5.74, 6) is -4.71. The van der Waals surface area contributed by atoms with Gasteiger partial charge in [0.2, 0.25) is 0 Å². The van der Waals surface area contributed by atoms with Crippen molar-refractivity contribution in [2.24, 2.45) is 0 Å². The van der Waals surface area contributed by atoms with Crippen LogP contribution in [-0.2, 0) is 16.0 Å². The van der Waals surface area contributed by atoms with Gasteiger partial charge in [0.15, 0.2) is 0 Å². The van der Waals surface area contributed by atoms with Crippen LogP contribution in [-0.4, -0.2) is 18.9 Å². The second-order valence-electron chi connectivity index (χ2n) is 3.11. The van der Waals surface area contributed by atoms with Gasteiger partial charge in [0.05, 0.1) is 7.11 Å². The van der Waals surface area contributed by atoms with E-state index in [0.717, 1.165) is 19.2 Å². The summed E-state index contributed by atoms with van der Waals surface area (Å²) in [6.45, 7) is 1.72. The number of hydrogen-bond acceptors (Lipinski definition) is 3. The lowest BCUT2D eigenvalue weighted by Crippen LogP contribution is -2.19. The maximum Gasteiger partial charge on any atom is 0.379 e. The molecule has 0 atom stereocenters. The summed E-state index contributed by atoms with van der Waals surface area (Å²) in [7, 11) is 0.969. The van der Waals surface area contributed by atoms with Crippen LogP contribution in [0.1, 0.15) is 22.8 Å². The number of ketones is 1. The van der Waals surface area contributed by atoms with E-state index in [-0.39, 0.29) is 0 Å². The van der Waals surface area contributed by atoms with Crippen LogP contribution in [0.15, 0.2) is 12.1 Å². The Bertz CT molecular complexity index is 418. The minimum atomic E-state index is -1.32. The van der Waals surface area contributed by atoms with Gasteiger partial charge in [-0.2, -0.15) is 0 Å². The molecule has 0 heterocycles. The van der Waals surface area contributed by atoms with E-state index in [1.54, 1.807) is 6.92 Å². The Balaban J connectivity index is 3.24. The lowest BCUT2D eigenvalue weighted by Gasteiger charge is -2.05. The highest BCUT2D eigenvalue weighted by Gasteiger charge is 2.25. The lowest BCUT2D eigenvalue weighted by atomic mass is 10.0. The Morgan fingerprint density at radius 2 is 1.75 bits per heavy atom. The molecule has 3 nitrogen and oxygen atoms in total. The number of carbonyl (C=O) groups excluding carboxylic acids is 2. The second kappa shape index (κ2) is 4.83. The molecule has 0 aliphatic carbocycles. The molecule has 0 fully saturated rings. The summed E-state index contributed by atoms with van der Waals surface area (Å²) in [6.07, 6.45) is 0.431. The van der Waals surface area contributed by atoms with Gasteiger partial charge >= 0.3 is 5.97 Å². The molecule has 86 valence electrons. The Hall–Kier alpha value is -1.78. The van der Waals surface area contributed by atoms with Crippen molar-refractivity contribution < 1.29 is 23.1 Å². The number of rotatable bonds is 3. The van der Waals surface area contributed by atoms with Gasteiger partial charge in [0.1, 0.15) is 17.2 Å². The van der Waals surface area contributed by atoms with E-state index in [9.17, 15) is 18.4 Å². The zero-order valence-corrected chi connectivity index (χ0v) is 8.84. The normalized spacial score (nSPS) is 10.0. The topological polar surface area (TPSA) is 43.4 Å². The third-order valence-electron chi connectivity index (χ3n) is 2.11. The molecule has 0 N–H and O–H groups in total. The Morgan fingerprint density at radius 1 is 1.25 bits per heavy atom. The summed E-state index contributed by atoms with van der Waals surface area (Å²) in [4.78, 5) is 22.1. The smallest absolute Gasteiger partial charge is 0.379 e. The Labute approximate surface area is 91.0 Å². The predicted molar refractivity (Wildman–Crippen MR) is 52.1 cm³/mol. The molecule has 1 aromatic carbocycles. The molecule has 0 saturated heterocycles.